The predicted octanol–water partition coefficient (Wildman–Crippen LogP) is 6.38. The first kappa shape index (κ1) is 17.5. The molecule has 0 aliphatic rings. The third kappa shape index (κ3) is 2.95. The molecule has 0 saturated carbocycles. The van der Waals surface area contributed by atoms with Crippen molar-refractivity contribution in [2.24, 2.45) is 0 Å². The van der Waals surface area contributed by atoms with Gasteiger partial charge in [-0.15, -0.1) is 0 Å². The quantitative estimate of drug-likeness (QED) is 0.369. The first-order valence-electron chi connectivity index (χ1n) is 9.69. The van der Waals surface area contributed by atoms with Crippen LogP contribution in [0.3, 0.4) is 0 Å². The molecule has 0 aliphatic heterocycles. The smallest absolute Gasteiger partial charge is 0.141 e. The third-order valence-corrected chi connectivity index (χ3v) is 5.39. The van der Waals surface area contributed by atoms with E-state index < -0.39 is 5.60 Å². The van der Waals surface area contributed by atoms with Gasteiger partial charge in [-0.3, -0.25) is 0 Å². The van der Waals surface area contributed by atoms with Gasteiger partial charge in [0.25, 0.3) is 0 Å². The minimum absolute atomic E-state index is 0.756. The fraction of sp³-hybridized carbons (Fsp3) is 0.0370. The van der Waals surface area contributed by atoms with E-state index in [4.69, 9.17) is 4.42 Å². The summed E-state index contributed by atoms with van der Waals surface area (Å²) in [5, 5.41) is 13.1. The Kier molecular flexibility index (Phi) is 4.27. The molecular formula is C27H20O2. The van der Waals surface area contributed by atoms with Gasteiger partial charge in [0.15, 0.2) is 0 Å². The number of aliphatic hydroxyl groups is 1. The van der Waals surface area contributed by atoms with Crippen molar-refractivity contribution < 1.29 is 9.52 Å². The zero-order valence-corrected chi connectivity index (χ0v) is 15.8. The maximum absolute atomic E-state index is 12.2. The molecule has 0 unspecified atom stereocenters. The second-order valence-electron chi connectivity index (χ2n) is 7.14. The zero-order chi connectivity index (χ0) is 19.7. The van der Waals surface area contributed by atoms with Crippen LogP contribution in [0.1, 0.15) is 16.7 Å². The van der Waals surface area contributed by atoms with E-state index in [9.17, 15) is 5.11 Å². The fourth-order valence-corrected chi connectivity index (χ4v) is 3.96. The number of fused-ring (bicyclic) bond motifs is 1. The predicted molar refractivity (Wildman–Crippen MR) is 117 cm³/mol. The van der Waals surface area contributed by atoms with Crippen LogP contribution in [0.5, 0.6) is 0 Å². The summed E-state index contributed by atoms with van der Waals surface area (Å²) in [6.07, 6.45) is 0. The Morgan fingerprint density at radius 1 is 0.586 bits per heavy atom. The molecule has 140 valence electrons. The molecule has 1 heterocycles. The lowest BCUT2D eigenvalue weighted by Crippen LogP contribution is -2.29. The van der Waals surface area contributed by atoms with Gasteiger partial charge >= 0.3 is 0 Å². The minimum Gasteiger partial charge on any atom is -0.456 e. The van der Waals surface area contributed by atoms with E-state index in [0.717, 1.165) is 39.0 Å². The SMILES string of the molecule is OC(c1ccccc1)(c1ccccc1)c1cccc2oc(-c3ccccc3)cc12. The number of rotatable bonds is 4. The van der Waals surface area contributed by atoms with Crippen LogP contribution in [-0.4, -0.2) is 5.11 Å². The molecule has 0 saturated heterocycles. The monoisotopic (exact) mass is 376 g/mol. The lowest BCUT2D eigenvalue weighted by atomic mass is 9.79. The summed E-state index contributed by atoms with van der Waals surface area (Å²) in [5.74, 6) is 0.788. The molecule has 0 spiro atoms. The van der Waals surface area contributed by atoms with Crippen molar-refractivity contribution in [2.75, 3.05) is 0 Å². The molecule has 4 aromatic carbocycles. The zero-order valence-electron chi connectivity index (χ0n) is 15.8. The van der Waals surface area contributed by atoms with Crippen LogP contribution >= 0.6 is 0 Å². The normalized spacial score (nSPS) is 11.6. The van der Waals surface area contributed by atoms with Gasteiger partial charge in [-0.05, 0) is 23.3 Å². The van der Waals surface area contributed by atoms with E-state index in [-0.39, 0.29) is 0 Å². The van der Waals surface area contributed by atoms with Crippen molar-refractivity contribution in [3.8, 4) is 11.3 Å². The Morgan fingerprint density at radius 2 is 1.14 bits per heavy atom. The van der Waals surface area contributed by atoms with Crippen LogP contribution in [-0.2, 0) is 5.60 Å². The summed E-state index contributed by atoms with van der Waals surface area (Å²) in [5.41, 5.74) is 2.92. The van der Waals surface area contributed by atoms with Gasteiger partial charge in [0.05, 0.1) is 0 Å². The van der Waals surface area contributed by atoms with Gasteiger partial charge < -0.3 is 9.52 Å². The molecule has 5 rings (SSSR count). The van der Waals surface area contributed by atoms with E-state index in [1.165, 1.54) is 0 Å². The van der Waals surface area contributed by atoms with Crippen molar-refractivity contribution in [1.29, 1.82) is 0 Å². The second-order valence-corrected chi connectivity index (χ2v) is 7.14. The largest absolute Gasteiger partial charge is 0.456 e. The topological polar surface area (TPSA) is 33.4 Å². The molecule has 0 bridgehead atoms. The maximum atomic E-state index is 12.2. The highest BCUT2D eigenvalue weighted by atomic mass is 16.3. The Labute approximate surface area is 169 Å². The van der Waals surface area contributed by atoms with Gasteiger partial charge in [0, 0.05) is 16.5 Å². The van der Waals surface area contributed by atoms with Crippen LogP contribution in [0.4, 0.5) is 0 Å². The first-order valence-corrected chi connectivity index (χ1v) is 9.69. The van der Waals surface area contributed by atoms with Crippen molar-refractivity contribution >= 4 is 11.0 Å². The Hall–Kier alpha value is -3.62. The van der Waals surface area contributed by atoms with E-state index in [1.807, 2.05) is 115 Å². The third-order valence-electron chi connectivity index (χ3n) is 5.39. The van der Waals surface area contributed by atoms with Crippen molar-refractivity contribution in [1.82, 2.24) is 0 Å². The molecule has 0 aliphatic carbocycles. The van der Waals surface area contributed by atoms with E-state index in [1.54, 1.807) is 0 Å². The second kappa shape index (κ2) is 7.08. The van der Waals surface area contributed by atoms with Crippen molar-refractivity contribution in [2.45, 2.75) is 5.60 Å². The number of hydrogen-bond donors (Lipinski definition) is 1. The standard InChI is InChI=1S/C27H20O2/c28-27(21-13-6-2-7-14-21,22-15-8-3-9-16-22)24-17-10-18-25-23(24)19-26(29-25)20-11-4-1-5-12-20/h1-19,28H. The van der Waals surface area contributed by atoms with Gasteiger partial charge in [0.2, 0.25) is 0 Å². The van der Waals surface area contributed by atoms with E-state index in [2.05, 4.69) is 0 Å². The summed E-state index contributed by atoms with van der Waals surface area (Å²) < 4.78 is 6.15. The van der Waals surface area contributed by atoms with Crippen molar-refractivity contribution in [3.63, 3.8) is 0 Å². The van der Waals surface area contributed by atoms with E-state index >= 15 is 0 Å². The summed E-state index contributed by atoms with van der Waals surface area (Å²) in [7, 11) is 0. The van der Waals surface area contributed by atoms with Gasteiger partial charge in [-0.25, -0.2) is 0 Å². The molecule has 1 N–H and O–H groups in total. The van der Waals surface area contributed by atoms with Crippen LogP contribution in [0.15, 0.2) is 120 Å². The molecule has 0 atom stereocenters. The van der Waals surface area contributed by atoms with Crippen molar-refractivity contribution in [3.05, 3.63) is 132 Å². The fourth-order valence-electron chi connectivity index (χ4n) is 3.96. The highest BCUT2D eigenvalue weighted by Crippen LogP contribution is 2.41. The van der Waals surface area contributed by atoms with E-state index in [0.29, 0.717) is 0 Å². The maximum Gasteiger partial charge on any atom is 0.141 e. The van der Waals surface area contributed by atoms with Crippen LogP contribution < -0.4 is 0 Å². The lowest BCUT2D eigenvalue weighted by molar-refractivity contribution is 0.127. The van der Waals surface area contributed by atoms with Gasteiger partial charge in [0.1, 0.15) is 16.9 Å². The Balaban J connectivity index is 1.78. The lowest BCUT2D eigenvalue weighted by Gasteiger charge is -2.30. The summed E-state index contributed by atoms with van der Waals surface area (Å²) in [6.45, 7) is 0. The molecule has 2 nitrogen and oxygen atoms in total. The number of hydrogen-bond acceptors (Lipinski definition) is 2. The molecule has 1 aromatic heterocycles. The first-order chi connectivity index (χ1) is 14.3. The molecule has 0 amide bonds. The molecule has 5 aromatic rings. The summed E-state index contributed by atoms with van der Waals surface area (Å²) in [6, 6.07) is 37.5. The average Bonchev–Trinajstić information content (AvgIpc) is 3.25. The average molecular weight is 376 g/mol. The highest BCUT2D eigenvalue weighted by Gasteiger charge is 2.35. The summed E-state index contributed by atoms with van der Waals surface area (Å²) in [4.78, 5) is 0. The number of benzene rings is 4. The number of furan rings is 1. The van der Waals surface area contributed by atoms with Crippen LogP contribution in [0, 0.1) is 0 Å². The molecule has 29 heavy (non-hydrogen) atoms. The molecule has 2 heteroatoms. The van der Waals surface area contributed by atoms with Crippen LogP contribution in [0.2, 0.25) is 0 Å². The molecule has 0 fully saturated rings. The molecule has 0 radical (unpaired) electrons. The minimum atomic E-state index is -1.29. The van der Waals surface area contributed by atoms with Crippen LogP contribution in [0.25, 0.3) is 22.3 Å². The molecular weight excluding hydrogens is 356 g/mol. The Bertz CT molecular complexity index is 1200. The summed E-state index contributed by atoms with van der Waals surface area (Å²) >= 11 is 0. The highest BCUT2D eigenvalue weighted by molar-refractivity contribution is 5.87. The van der Waals surface area contributed by atoms with Gasteiger partial charge in [-0.2, -0.15) is 0 Å². The van der Waals surface area contributed by atoms with Gasteiger partial charge in [-0.1, -0.05) is 103 Å². The Morgan fingerprint density at radius 3 is 1.72 bits per heavy atom.